The van der Waals surface area contributed by atoms with E-state index in [4.69, 9.17) is 0 Å². The molecule has 1 aliphatic rings. The quantitative estimate of drug-likeness (QED) is 0.730. The summed E-state index contributed by atoms with van der Waals surface area (Å²) < 4.78 is 15.3. The molecule has 0 atom stereocenters. The number of benzene rings is 1. The van der Waals surface area contributed by atoms with E-state index in [1.807, 2.05) is 13.0 Å². The topological polar surface area (TPSA) is 88.9 Å². The lowest BCUT2D eigenvalue weighted by atomic mass is 10.0. The summed E-state index contributed by atoms with van der Waals surface area (Å²) in [5, 5.41) is 9.77. The molecule has 27 heavy (non-hydrogen) atoms. The summed E-state index contributed by atoms with van der Waals surface area (Å²) in [6.45, 7) is 1.94. The van der Waals surface area contributed by atoms with Crippen LogP contribution in [0.3, 0.4) is 0 Å². The molecule has 3 aromatic rings. The first-order chi connectivity index (χ1) is 12.9. The molecule has 2 aromatic heterocycles. The van der Waals surface area contributed by atoms with E-state index in [2.05, 4.69) is 20.7 Å². The molecule has 4 rings (SSSR count). The van der Waals surface area contributed by atoms with Gasteiger partial charge in [0.15, 0.2) is 5.69 Å². The van der Waals surface area contributed by atoms with Gasteiger partial charge in [-0.05, 0) is 37.3 Å². The lowest BCUT2D eigenvalue weighted by Crippen LogP contribution is -2.23. The highest BCUT2D eigenvalue weighted by atomic mass is 19.1. The van der Waals surface area contributed by atoms with E-state index in [0.29, 0.717) is 28.2 Å². The maximum atomic E-state index is 13.8. The largest absolute Gasteiger partial charge is 0.348 e. The number of nitrogens with zero attached hydrogens (tertiary/aromatic N) is 3. The number of hydrogen-bond donors (Lipinski definition) is 2. The standard InChI is InChI=1S/C19H16FN5O2/c1-10-4-3-5-15(22-10)23-19(27)16-14-9-21-18(26)12-7-6-11(20)8-13(12)17(14)25(2)24-16/h3-8H,9H2,1-2H3,(H,21,26)(H,22,23,27). The number of hydrogen-bond acceptors (Lipinski definition) is 4. The molecule has 8 heteroatoms. The SMILES string of the molecule is Cc1cccc(NC(=O)c2nn(C)c3c2CNC(=O)c2ccc(F)cc2-3)n1. The Morgan fingerprint density at radius 1 is 1.26 bits per heavy atom. The summed E-state index contributed by atoms with van der Waals surface area (Å²) in [5.41, 5.74) is 2.73. The molecule has 0 aliphatic carbocycles. The molecule has 0 saturated heterocycles. The van der Waals surface area contributed by atoms with Gasteiger partial charge in [-0.1, -0.05) is 6.07 Å². The lowest BCUT2D eigenvalue weighted by molar-refractivity contribution is 0.0949. The average Bonchev–Trinajstić information content (AvgIpc) is 2.88. The van der Waals surface area contributed by atoms with Crippen molar-refractivity contribution in [2.45, 2.75) is 13.5 Å². The summed E-state index contributed by atoms with van der Waals surface area (Å²) in [7, 11) is 1.66. The van der Waals surface area contributed by atoms with Crippen LogP contribution in [0.2, 0.25) is 0 Å². The van der Waals surface area contributed by atoms with Crippen molar-refractivity contribution >= 4 is 17.6 Å². The van der Waals surface area contributed by atoms with Crippen LogP contribution in [0.5, 0.6) is 0 Å². The predicted octanol–water partition coefficient (Wildman–Crippen LogP) is 2.43. The first-order valence-corrected chi connectivity index (χ1v) is 8.33. The number of carbonyl (C=O) groups excluding carboxylic acids is 2. The highest BCUT2D eigenvalue weighted by Gasteiger charge is 2.29. The first kappa shape index (κ1) is 16.9. The van der Waals surface area contributed by atoms with Gasteiger partial charge in [-0.3, -0.25) is 14.3 Å². The number of rotatable bonds is 2. The van der Waals surface area contributed by atoms with Crippen LogP contribution in [-0.4, -0.2) is 26.6 Å². The second kappa shape index (κ2) is 6.31. The Bertz CT molecular complexity index is 1090. The minimum atomic E-state index is -0.467. The van der Waals surface area contributed by atoms with Crippen molar-refractivity contribution in [3.05, 3.63) is 64.7 Å². The highest BCUT2D eigenvalue weighted by molar-refractivity contribution is 6.07. The Morgan fingerprint density at radius 2 is 2.07 bits per heavy atom. The first-order valence-electron chi connectivity index (χ1n) is 8.33. The number of fused-ring (bicyclic) bond motifs is 3. The third-order valence-electron chi connectivity index (χ3n) is 4.40. The van der Waals surface area contributed by atoms with Gasteiger partial charge >= 0.3 is 0 Å². The maximum absolute atomic E-state index is 13.8. The van der Waals surface area contributed by atoms with Crippen molar-refractivity contribution in [1.82, 2.24) is 20.1 Å². The van der Waals surface area contributed by atoms with Crippen LogP contribution in [-0.2, 0) is 13.6 Å². The number of nitrogens with one attached hydrogen (secondary N) is 2. The minimum Gasteiger partial charge on any atom is -0.348 e. The Hall–Kier alpha value is -3.55. The van der Waals surface area contributed by atoms with Crippen molar-refractivity contribution < 1.29 is 14.0 Å². The van der Waals surface area contributed by atoms with Crippen LogP contribution in [0.25, 0.3) is 11.3 Å². The number of amides is 2. The Kier molecular flexibility index (Phi) is 3.95. The second-order valence-electron chi connectivity index (χ2n) is 6.29. The monoisotopic (exact) mass is 365 g/mol. The number of carbonyl (C=O) groups is 2. The third-order valence-corrected chi connectivity index (χ3v) is 4.40. The van der Waals surface area contributed by atoms with Crippen LogP contribution in [0.1, 0.15) is 32.1 Å². The van der Waals surface area contributed by atoms with Crippen LogP contribution < -0.4 is 10.6 Å². The number of aryl methyl sites for hydroxylation is 2. The fourth-order valence-corrected chi connectivity index (χ4v) is 3.22. The van der Waals surface area contributed by atoms with E-state index >= 15 is 0 Å². The summed E-state index contributed by atoms with van der Waals surface area (Å²) in [6.07, 6.45) is 0. The molecule has 0 radical (unpaired) electrons. The fraction of sp³-hybridized carbons (Fsp3) is 0.158. The van der Waals surface area contributed by atoms with Crippen LogP contribution in [0, 0.1) is 12.7 Å². The molecule has 0 bridgehead atoms. The Morgan fingerprint density at radius 3 is 2.85 bits per heavy atom. The molecular weight excluding hydrogens is 349 g/mol. The van der Waals surface area contributed by atoms with Crippen molar-refractivity contribution in [2.24, 2.45) is 7.05 Å². The van der Waals surface area contributed by atoms with Gasteiger partial charge < -0.3 is 10.6 Å². The molecule has 2 N–H and O–H groups in total. The van der Waals surface area contributed by atoms with E-state index in [1.165, 1.54) is 22.9 Å². The number of anilines is 1. The molecule has 0 saturated carbocycles. The third kappa shape index (κ3) is 2.95. The molecule has 2 amide bonds. The van der Waals surface area contributed by atoms with E-state index in [1.54, 1.807) is 19.2 Å². The zero-order valence-corrected chi connectivity index (χ0v) is 14.7. The molecular formula is C19H16FN5O2. The molecule has 3 heterocycles. The van der Waals surface area contributed by atoms with Gasteiger partial charge in [0.1, 0.15) is 11.6 Å². The molecule has 0 fully saturated rings. The van der Waals surface area contributed by atoms with Gasteiger partial charge in [0.2, 0.25) is 0 Å². The Balaban J connectivity index is 1.80. The highest BCUT2D eigenvalue weighted by Crippen LogP contribution is 2.32. The molecule has 7 nitrogen and oxygen atoms in total. The van der Waals surface area contributed by atoms with E-state index in [0.717, 1.165) is 5.69 Å². The zero-order chi connectivity index (χ0) is 19.1. The van der Waals surface area contributed by atoms with Crippen LogP contribution in [0.4, 0.5) is 10.2 Å². The van der Waals surface area contributed by atoms with Crippen molar-refractivity contribution in [3.63, 3.8) is 0 Å². The summed E-state index contributed by atoms with van der Waals surface area (Å²) in [4.78, 5) is 29.3. The number of halogens is 1. The van der Waals surface area contributed by atoms with Gasteiger partial charge in [0.25, 0.3) is 11.8 Å². The number of pyridine rings is 1. The van der Waals surface area contributed by atoms with Gasteiger partial charge in [-0.2, -0.15) is 5.10 Å². The van der Waals surface area contributed by atoms with Crippen molar-refractivity contribution in [1.29, 1.82) is 0 Å². The smallest absolute Gasteiger partial charge is 0.277 e. The molecule has 136 valence electrons. The zero-order valence-electron chi connectivity index (χ0n) is 14.7. The van der Waals surface area contributed by atoms with Crippen LogP contribution >= 0.6 is 0 Å². The Labute approximate surface area is 154 Å². The van der Waals surface area contributed by atoms with E-state index in [-0.39, 0.29) is 18.1 Å². The molecule has 1 aromatic carbocycles. The normalized spacial score (nSPS) is 12.6. The molecule has 1 aliphatic heterocycles. The van der Waals surface area contributed by atoms with E-state index < -0.39 is 11.7 Å². The van der Waals surface area contributed by atoms with Crippen LogP contribution in [0.15, 0.2) is 36.4 Å². The predicted molar refractivity (Wildman–Crippen MR) is 96.7 cm³/mol. The maximum Gasteiger partial charge on any atom is 0.277 e. The van der Waals surface area contributed by atoms with Crippen molar-refractivity contribution in [3.8, 4) is 11.3 Å². The fourth-order valence-electron chi connectivity index (χ4n) is 3.22. The van der Waals surface area contributed by atoms with Gasteiger partial charge in [-0.15, -0.1) is 0 Å². The van der Waals surface area contributed by atoms with E-state index in [9.17, 15) is 14.0 Å². The second-order valence-corrected chi connectivity index (χ2v) is 6.29. The molecule has 0 unspecified atom stereocenters. The number of aromatic nitrogens is 3. The van der Waals surface area contributed by atoms with Crippen molar-refractivity contribution in [2.75, 3.05) is 5.32 Å². The molecule has 0 spiro atoms. The average molecular weight is 365 g/mol. The summed E-state index contributed by atoms with van der Waals surface area (Å²) >= 11 is 0. The van der Waals surface area contributed by atoms with Gasteiger partial charge in [-0.25, -0.2) is 9.37 Å². The lowest BCUT2D eigenvalue weighted by Gasteiger charge is -2.06. The van der Waals surface area contributed by atoms with Gasteiger partial charge in [0, 0.05) is 36.0 Å². The summed E-state index contributed by atoms with van der Waals surface area (Å²) in [5.74, 6) is -0.832. The van der Waals surface area contributed by atoms with Gasteiger partial charge in [0.05, 0.1) is 5.69 Å². The summed E-state index contributed by atoms with van der Waals surface area (Å²) in [6, 6.07) is 9.23. The minimum absolute atomic E-state index is 0.113.